The van der Waals surface area contributed by atoms with Gasteiger partial charge in [0.1, 0.15) is 5.75 Å². The van der Waals surface area contributed by atoms with Crippen LogP contribution in [0.25, 0.3) is 0 Å². The Balaban J connectivity index is 1.49. The van der Waals surface area contributed by atoms with Crippen LogP contribution in [0.15, 0.2) is 30.3 Å². The summed E-state index contributed by atoms with van der Waals surface area (Å²) in [5.41, 5.74) is 0. The summed E-state index contributed by atoms with van der Waals surface area (Å²) in [6.45, 7) is 4.61. The quantitative estimate of drug-likeness (QED) is 0.865. The molecule has 0 aromatic heterocycles. The molecule has 1 N–H and O–H groups in total. The van der Waals surface area contributed by atoms with Crippen LogP contribution in [-0.4, -0.2) is 85.6 Å². The number of rotatable bonds is 4. The first-order chi connectivity index (χ1) is 13.1. The maximum Gasteiger partial charge on any atom is 0.317 e. The Labute approximate surface area is 161 Å². The molecule has 1 aromatic rings. The molecule has 27 heavy (non-hydrogen) atoms. The molecule has 3 amide bonds. The molecule has 0 unspecified atom stereocenters. The van der Waals surface area contributed by atoms with Gasteiger partial charge in [0.2, 0.25) is 0 Å². The zero-order chi connectivity index (χ0) is 19.1. The van der Waals surface area contributed by atoms with E-state index in [0.717, 1.165) is 52.0 Å². The molecule has 0 spiro atoms. The van der Waals surface area contributed by atoms with E-state index in [9.17, 15) is 9.59 Å². The fourth-order valence-corrected chi connectivity index (χ4v) is 3.51. The van der Waals surface area contributed by atoms with Crippen molar-refractivity contribution in [1.82, 2.24) is 20.0 Å². The van der Waals surface area contributed by atoms with Crippen LogP contribution in [0.3, 0.4) is 0 Å². The van der Waals surface area contributed by atoms with Gasteiger partial charge in [-0.15, -0.1) is 0 Å². The van der Waals surface area contributed by atoms with Crippen LogP contribution in [0.5, 0.6) is 5.75 Å². The number of urea groups is 1. The van der Waals surface area contributed by atoms with E-state index in [-0.39, 0.29) is 24.6 Å². The Morgan fingerprint density at radius 3 is 2.52 bits per heavy atom. The molecule has 2 aliphatic heterocycles. The van der Waals surface area contributed by atoms with Crippen molar-refractivity contribution in [3.63, 3.8) is 0 Å². The second-order valence-electron chi connectivity index (χ2n) is 7.37. The van der Waals surface area contributed by atoms with Gasteiger partial charge in [-0.3, -0.25) is 4.79 Å². The molecule has 2 aliphatic rings. The third-order valence-corrected chi connectivity index (χ3v) is 5.25. The highest BCUT2D eigenvalue weighted by Gasteiger charge is 2.26. The number of hydrogen-bond donors (Lipinski definition) is 1. The van der Waals surface area contributed by atoms with Crippen LogP contribution >= 0.6 is 0 Å². The largest absolute Gasteiger partial charge is 0.484 e. The fraction of sp³-hybridized carbons (Fsp3) is 0.600. The number of nitrogens with one attached hydrogen (secondary N) is 1. The molecule has 2 saturated heterocycles. The lowest BCUT2D eigenvalue weighted by molar-refractivity contribution is -0.133. The Kier molecular flexibility index (Phi) is 6.92. The summed E-state index contributed by atoms with van der Waals surface area (Å²) in [5, 5.41) is 3.14. The number of hydrogen-bond acceptors (Lipinski definition) is 4. The zero-order valence-corrected chi connectivity index (χ0v) is 16.1. The Bertz CT molecular complexity index is 617. The summed E-state index contributed by atoms with van der Waals surface area (Å²) in [6, 6.07) is 9.36. The van der Waals surface area contributed by atoms with E-state index in [1.807, 2.05) is 40.1 Å². The van der Waals surface area contributed by atoms with Gasteiger partial charge in [0.05, 0.1) is 0 Å². The minimum Gasteiger partial charge on any atom is -0.484 e. The smallest absolute Gasteiger partial charge is 0.317 e. The van der Waals surface area contributed by atoms with Crippen molar-refractivity contribution in [3.8, 4) is 5.75 Å². The van der Waals surface area contributed by atoms with E-state index >= 15 is 0 Å². The predicted molar refractivity (Wildman–Crippen MR) is 104 cm³/mol. The fourth-order valence-electron chi connectivity index (χ4n) is 3.51. The van der Waals surface area contributed by atoms with E-state index < -0.39 is 0 Å². The number of likely N-dealkylation sites (tertiary alicyclic amines) is 1. The molecule has 148 valence electrons. The summed E-state index contributed by atoms with van der Waals surface area (Å²) in [6.07, 6.45) is 2.87. The second-order valence-corrected chi connectivity index (χ2v) is 7.37. The van der Waals surface area contributed by atoms with Crippen LogP contribution < -0.4 is 10.1 Å². The molecule has 3 rings (SSSR count). The van der Waals surface area contributed by atoms with E-state index in [1.165, 1.54) is 0 Å². The highest BCUT2D eigenvalue weighted by molar-refractivity contribution is 5.78. The van der Waals surface area contributed by atoms with Crippen molar-refractivity contribution < 1.29 is 14.3 Å². The Hall–Kier alpha value is -2.28. The summed E-state index contributed by atoms with van der Waals surface area (Å²) >= 11 is 0. The average Bonchev–Trinajstić information content (AvgIpc) is 2.93. The molecular formula is C20H30N4O3. The Morgan fingerprint density at radius 1 is 1.04 bits per heavy atom. The molecule has 1 aromatic carbocycles. The van der Waals surface area contributed by atoms with Gasteiger partial charge in [0.25, 0.3) is 5.91 Å². The molecule has 2 fully saturated rings. The third-order valence-electron chi connectivity index (χ3n) is 5.25. The first-order valence-electron chi connectivity index (χ1n) is 9.81. The monoisotopic (exact) mass is 374 g/mol. The number of piperazine rings is 1. The number of ether oxygens (including phenoxy) is 1. The van der Waals surface area contributed by atoms with Crippen molar-refractivity contribution in [2.24, 2.45) is 0 Å². The number of amides is 3. The van der Waals surface area contributed by atoms with Crippen molar-refractivity contribution >= 4 is 11.9 Å². The summed E-state index contributed by atoms with van der Waals surface area (Å²) in [4.78, 5) is 31.0. The topological polar surface area (TPSA) is 65.1 Å². The van der Waals surface area contributed by atoms with Gasteiger partial charge in [-0.25, -0.2) is 4.79 Å². The van der Waals surface area contributed by atoms with E-state index in [4.69, 9.17) is 4.74 Å². The van der Waals surface area contributed by atoms with Crippen molar-refractivity contribution in [2.75, 3.05) is 52.9 Å². The highest BCUT2D eigenvalue weighted by Crippen LogP contribution is 2.13. The molecule has 0 aliphatic carbocycles. The number of para-hydroxylation sites is 1. The van der Waals surface area contributed by atoms with Crippen molar-refractivity contribution in [1.29, 1.82) is 0 Å². The highest BCUT2D eigenvalue weighted by atomic mass is 16.5. The molecule has 7 nitrogen and oxygen atoms in total. The summed E-state index contributed by atoms with van der Waals surface area (Å²) in [7, 11) is 2.07. The first kappa shape index (κ1) is 19.5. The van der Waals surface area contributed by atoms with Crippen LogP contribution in [-0.2, 0) is 4.79 Å². The molecule has 1 atom stereocenters. The maximum absolute atomic E-state index is 12.6. The molecule has 0 bridgehead atoms. The summed E-state index contributed by atoms with van der Waals surface area (Å²) in [5.74, 6) is 0.667. The van der Waals surface area contributed by atoms with Crippen LogP contribution in [0.4, 0.5) is 4.79 Å². The van der Waals surface area contributed by atoms with Crippen molar-refractivity contribution in [2.45, 2.75) is 25.3 Å². The minimum atomic E-state index is -0.0281. The van der Waals surface area contributed by atoms with Gasteiger partial charge in [-0.2, -0.15) is 0 Å². The average molecular weight is 374 g/mol. The minimum absolute atomic E-state index is 0.000307. The van der Waals surface area contributed by atoms with Crippen LogP contribution in [0.1, 0.15) is 19.3 Å². The lowest BCUT2D eigenvalue weighted by atomic mass is 10.1. The predicted octanol–water partition coefficient (Wildman–Crippen LogP) is 1.40. The normalized spacial score (nSPS) is 21.4. The van der Waals surface area contributed by atoms with E-state index in [1.54, 1.807) is 0 Å². The molecule has 0 saturated carbocycles. The first-order valence-corrected chi connectivity index (χ1v) is 9.81. The van der Waals surface area contributed by atoms with E-state index in [0.29, 0.717) is 12.3 Å². The SMILES string of the molecule is CN1CCN(C(=O)N[C@H]2CCCCN(C(=O)COc3ccccc3)C2)CC1. The van der Waals surface area contributed by atoms with Crippen molar-refractivity contribution in [3.05, 3.63) is 30.3 Å². The van der Waals surface area contributed by atoms with Gasteiger partial charge >= 0.3 is 6.03 Å². The molecular weight excluding hydrogens is 344 g/mol. The van der Waals surface area contributed by atoms with Gasteiger partial charge in [-0.1, -0.05) is 18.2 Å². The van der Waals surface area contributed by atoms with Gasteiger partial charge < -0.3 is 24.8 Å². The number of carbonyl (C=O) groups is 2. The summed E-state index contributed by atoms with van der Waals surface area (Å²) < 4.78 is 5.59. The molecule has 0 radical (unpaired) electrons. The van der Waals surface area contributed by atoms with Gasteiger partial charge in [0.15, 0.2) is 6.61 Å². The molecule has 2 heterocycles. The Morgan fingerprint density at radius 2 is 1.78 bits per heavy atom. The number of carbonyl (C=O) groups excluding carboxylic acids is 2. The lowest BCUT2D eigenvalue weighted by Gasteiger charge is -2.34. The standard InChI is InChI=1S/C20H30N4O3/c1-22-11-13-23(14-12-22)20(26)21-17-7-5-6-10-24(15-17)19(25)16-27-18-8-3-2-4-9-18/h2-4,8-9,17H,5-7,10-16H2,1H3,(H,21,26)/t17-/m0/s1. The number of benzene rings is 1. The van der Waals surface area contributed by atoms with Crippen LogP contribution in [0, 0.1) is 0 Å². The van der Waals surface area contributed by atoms with Gasteiger partial charge in [-0.05, 0) is 38.4 Å². The second kappa shape index (κ2) is 9.60. The van der Waals surface area contributed by atoms with Crippen LogP contribution in [0.2, 0.25) is 0 Å². The number of likely N-dealkylation sites (N-methyl/N-ethyl adjacent to an activating group) is 1. The zero-order valence-electron chi connectivity index (χ0n) is 16.1. The van der Waals surface area contributed by atoms with Gasteiger partial charge in [0, 0.05) is 45.3 Å². The lowest BCUT2D eigenvalue weighted by Crippen LogP contribution is -2.54. The maximum atomic E-state index is 12.6. The number of nitrogens with zero attached hydrogens (tertiary/aromatic N) is 3. The third kappa shape index (κ3) is 5.85. The van der Waals surface area contributed by atoms with E-state index in [2.05, 4.69) is 17.3 Å². The molecule has 7 heteroatoms.